The molecule has 118 valence electrons. The Morgan fingerprint density at radius 1 is 1.29 bits per heavy atom. The number of halogens is 4. The smallest absolute Gasteiger partial charge is 0.303 e. The van der Waals surface area contributed by atoms with Crippen molar-refractivity contribution in [1.29, 1.82) is 0 Å². The van der Waals surface area contributed by atoms with Crippen molar-refractivity contribution < 1.29 is 23.4 Å². The number of carboxylic acid groups (broad SMARTS) is 1. The van der Waals surface area contributed by atoms with Crippen molar-refractivity contribution >= 4 is 29.2 Å². The Morgan fingerprint density at radius 2 is 1.95 bits per heavy atom. The Balaban J connectivity index is 2.82. The van der Waals surface area contributed by atoms with Crippen LogP contribution in [0.5, 0.6) is 5.75 Å². The Kier molecular flexibility index (Phi) is 6.68. The van der Waals surface area contributed by atoms with E-state index >= 15 is 0 Å². The van der Waals surface area contributed by atoms with Gasteiger partial charge in [-0.05, 0) is 25.8 Å². The second-order valence-corrected chi connectivity index (χ2v) is 5.32. The molecule has 0 amide bonds. The lowest BCUT2D eigenvalue weighted by Gasteiger charge is -2.19. The zero-order valence-corrected chi connectivity index (χ0v) is 13.0. The highest BCUT2D eigenvalue weighted by Crippen LogP contribution is 2.42. The summed E-state index contributed by atoms with van der Waals surface area (Å²) in [6.07, 6.45) is -0.341. The molecule has 1 N–H and O–H groups in total. The minimum atomic E-state index is -3.16. The molecular weight excluding hydrogens is 325 g/mol. The first-order valence-corrected chi connectivity index (χ1v) is 7.25. The Morgan fingerprint density at radius 3 is 2.52 bits per heavy atom. The number of carboxylic acids is 1. The van der Waals surface area contributed by atoms with Gasteiger partial charge in [0.15, 0.2) is 0 Å². The SMILES string of the molecule is CCOc1cc(Cl)c(C(F)(F)CCCCC(=O)O)cc1Cl. The lowest BCUT2D eigenvalue weighted by atomic mass is 10.0. The van der Waals surface area contributed by atoms with Crippen molar-refractivity contribution in [3.8, 4) is 5.75 Å². The van der Waals surface area contributed by atoms with Gasteiger partial charge in [0.2, 0.25) is 0 Å². The van der Waals surface area contributed by atoms with Gasteiger partial charge < -0.3 is 9.84 Å². The number of alkyl halides is 2. The fraction of sp³-hybridized carbons (Fsp3) is 0.500. The monoisotopic (exact) mass is 340 g/mol. The van der Waals surface area contributed by atoms with Crippen LogP contribution in [0.2, 0.25) is 10.0 Å². The first-order valence-electron chi connectivity index (χ1n) is 6.50. The first kappa shape index (κ1) is 18.0. The molecule has 3 nitrogen and oxygen atoms in total. The molecule has 0 aromatic heterocycles. The predicted molar refractivity (Wildman–Crippen MR) is 77.6 cm³/mol. The van der Waals surface area contributed by atoms with Crippen molar-refractivity contribution in [2.45, 2.75) is 38.5 Å². The number of rotatable bonds is 8. The zero-order chi connectivity index (χ0) is 16.0. The molecule has 7 heteroatoms. The van der Waals surface area contributed by atoms with Crippen LogP contribution in [0.4, 0.5) is 8.78 Å². The molecule has 0 heterocycles. The fourth-order valence-electron chi connectivity index (χ4n) is 1.83. The molecule has 0 spiro atoms. The number of carbonyl (C=O) groups is 1. The molecule has 0 aliphatic heterocycles. The lowest BCUT2D eigenvalue weighted by molar-refractivity contribution is -0.137. The van der Waals surface area contributed by atoms with Crippen LogP contribution < -0.4 is 4.74 Å². The third-order valence-corrected chi connectivity index (χ3v) is 3.45. The van der Waals surface area contributed by atoms with Crippen molar-refractivity contribution in [2.75, 3.05) is 6.61 Å². The molecule has 0 fully saturated rings. The first-order chi connectivity index (χ1) is 9.77. The fourth-order valence-corrected chi connectivity index (χ4v) is 2.34. The highest BCUT2D eigenvalue weighted by atomic mass is 35.5. The summed E-state index contributed by atoms with van der Waals surface area (Å²) < 4.78 is 33.4. The van der Waals surface area contributed by atoms with Gasteiger partial charge in [0.25, 0.3) is 5.92 Å². The molecule has 21 heavy (non-hydrogen) atoms. The number of unbranched alkanes of at least 4 members (excludes halogenated alkanes) is 1. The van der Waals surface area contributed by atoms with Gasteiger partial charge in [0.05, 0.1) is 16.7 Å². The maximum atomic E-state index is 14.1. The molecule has 0 aliphatic rings. The Hall–Kier alpha value is -1.07. The lowest BCUT2D eigenvalue weighted by Crippen LogP contribution is -2.14. The molecule has 0 bridgehead atoms. The largest absolute Gasteiger partial charge is 0.492 e. The van der Waals surface area contributed by atoms with Crippen LogP contribution in [0.15, 0.2) is 12.1 Å². The number of hydrogen-bond acceptors (Lipinski definition) is 2. The molecule has 1 rings (SSSR count). The number of aliphatic carboxylic acids is 1. The van der Waals surface area contributed by atoms with Crippen LogP contribution in [0, 0.1) is 0 Å². The third-order valence-electron chi connectivity index (χ3n) is 2.85. The van der Waals surface area contributed by atoms with E-state index in [0.29, 0.717) is 6.61 Å². The molecule has 0 unspecified atom stereocenters. The van der Waals surface area contributed by atoms with Crippen LogP contribution in [-0.2, 0) is 10.7 Å². The van der Waals surface area contributed by atoms with E-state index < -0.39 is 18.3 Å². The Labute approximate surface area is 131 Å². The molecular formula is C14H16Cl2F2O3. The van der Waals surface area contributed by atoms with Gasteiger partial charge in [-0.25, -0.2) is 8.78 Å². The van der Waals surface area contributed by atoms with Crippen molar-refractivity contribution in [3.05, 3.63) is 27.7 Å². The third kappa shape index (κ3) is 5.32. The number of benzene rings is 1. The summed E-state index contributed by atoms with van der Waals surface area (Å²) in [4.78, 5) is 10.4. The number of hydrogen-bond donors (Lipinski definition) is 1. The summed E-state index contributed by atoms with van der Waals surface area (Å²) in [5, 5.41) is 8.43. The molecule has 0 saturated heterocycles. The van der Waals surface area contributed by atoms with E-state index in [9.17, 15) is 13.6 Å². The van der Waals surface area contributed by atoms with E-state index in [1.165, 1.54) is 6.07 Å². The van der Waals surface area contributed by atoms with Crippen LogP contribution >= 0.6 is 23.2 Å². The summed E-state index contributed by atoms with van der Waals surface area (Å²) >= 11 is 11.8. The average molecular weight is 341 g/mol. The van der Waals surface area contributed by atoms with Gasteiger partial charge in [-0.2, -0.15) is 0 Å². The van der Waals surface area contributed by atoms with Gasteiger partial charge in [0.1, 0.15) is 5.75 Å². The summed E-state index contributed by atoms with van der Waals surface area (Å²) in [5.41, 5.74) is -0.368. The summed E-state index contributed by atoms with van der Waals surface area (Å²) in [5.74, 6) is -3.90. The summed E-state index contributed by atoms with van der Waals surface area (Å²) in [6, 6.07) is 2.37. The standard InChI is InChI=1S/C14H16Cl2F2O3/c1-2-21-12-8-10(15)9(7-11(12)16)14(17,18)6-4-3-5-13(19)20/h7-8H,2-6H2,1H3,(H,19,20). The van der Waals surface area contributed by atoms with Crippen LogP contribution in [0.25, 0.3) is 0 Å². The van der Waals surface area contributed by atoms with E-state index in [4.69, 9.17) is 33.0 Å². The van der Waals surface area contributed by atoms with Gasteiger partial charge in [-0.15, -0.1) is 0 Å². The van der Waals surface area contributed by atoms with Gasteiger partial charge in [-0.3, -0.25) is 4.79 Å². The van der Waals surface area contributed by atoms with E-state index in [1.54, 1.807) is 6.92 Å². The topological polar surface area (TPSA) is 46.5 Å². The zero-order valence-electron chi connectivity index (χ0n) is 11.5. The van der Waals surface area contributed by atoms with E-state index in [2.05, 4.69) is 0 Å². The van der Waals surface area contributed by atoms with Crippen molar-refractivity contribution in [3.63, 3.8) is 0 Å². The highest BCUT2D eigenvalue weighted by Gasteiger charge is 2.34. The summed E-state index contributed by atoms with van der Waals surface area (Å²) in [6.45, 7) is 2.09. The van der Waals surface area contributed by atoms with E-state index in [-0.39, 0.29) is 40.6 Å². The van der Waals surface area contributed by atoms with Gasteiger partial charge in [-0.1, -0.05) is 23.2 Å². The number of ether oxygens (including phenoxy) is 1. The molecule has 0 aliphatic carbocycles. The highest BCUT2D eigenvalue weighted by molar-refractivity contribution is 6.34. The Bertz CT molecular complexity index is 507. The maximum absolute atomic E-state index is 14.1. The second kappa shape index (κ2) is 7.80. The normalized spacial score (nSPS) is 11.5. The van der Waals surface area contributed by atoms with Crippen LogP contribution in [0.3, 0.4) is 0 Å². The minimum Gasteiger partial charge on any atom is -0.492 e. The van der Waals surface area contributed by atoms with Crippen molar-refractivity contribution in [2.24, 2.45) is 0 Å². The van der Waals surface area contributed by atoms with Crippen LogP contribution in [0.1, 0.15) is 38.2 Å². The van der Waals surface area contributed by atoms with Gasteiger partial charge >= 0.3 is 5.97 Å². The quantitative estimate of drug-likeness (QED) is 0.667. The molecule has 0 atom stereocenters. The molecule has 0 saturated carbocycles. The second-order valence-electron chi connectivity index (χ2n) is 4.50. The van der Waals surface area contributed by atoms with Gasteiger partial charge in [0, 0.05) is 24.5 Å². The molecule has 1 aromatic carbocycles. The molecule has 1 aromatic rings. The van der Waals surface area contributed by atoms with Crippen LogP contribution in [-0.4, -0.2) is 17.7 Å². The van der Waals surface area contributed by atoms with E-state index in [1.807, 2.05) is 0 Å². The van der Waals surface area contributed by atoms with Crippen molar-refractivity contribution in [1.82, 2.24) is 0 Å². The average Bonchev–Trinajstić information content (AvgIpc) is 2.38. The van der Waals surface area contributed by atoms with E-state index in [0.717, 1.165) is 6.07 Å². The minimum absolute atomic E-state index is 0.0708. The predicted octanol–water partition coefficient (Wildman–Crippen LogP) is 5.13. The maximum Gasteiger partial charge on any atom is 0.303 e. The summed E-state index contributed by atoms with van der Waals surface area (Å²) in [7, 11) is 0. The molecule has 0 radical (unpaired) electrons.